The molecule has 0 aliphatic carbocycles. The zero-order valence-corrected chi connectivity index (χ0v) is 15.3. The van der Waals surface area contributed by atoms with Gasteiger partial charge in [0, 0.05) is 11.1 Å². The van der Waals surface area contributed by atoms with Crippen LogP contribution in [-0.4, -0.2) is 36.9 Å². The van der Waals surface area contributed by atoms with Crippen molar-refractivity contribution in [2.24, 2.45) is 0 Å². The summed E-state index contributed by atoms with van der Waals surface area (Å²) < 4.78 is 1.57. The number of carboxylic acid groups (broad SMARTS) is 1. The SMILES string of the molecule is Cc1c(C(=O)Nc2ccc(O)c(C(=O)O)c2)cnn1-c1ccc2ccccc2n1. The number of hydrogen-bond acceptors (Lipinski definition) is 5. The normalized spacial score (nSPS) is 10.8. The van der Waals surface area contributed by atoms with E-state index in [1.54, 1.807) is 11.6 Å². The highest BCUT2D eigenvalue weighted by molar-refractivity contribution is 6.05. The first-order chi connectivity index (χ1) is 13.9. The van der Waals surface area contributed by atoms with Gasteiger partial charge in [0.25, 0.3) is 5.91 Å². The van der Waals surface area contributed by atoms with E-state index in [-0.39, 0.29) is 17.0 Å². The topological polar surface area (TPSA) is 117 Å². The molecule has 0 aliphatic rings. The predicted octanol–water partition coefficient (Wildman–Crippen LogP) is 3.39. The molecule has 4 rings (SSSR count). The number of pyridine rings is 1. The van der Waals surface area contributed by atoms with Crippen LogP contribution in [0.3, 0.4) is 0 Å². The monoisotopic (exact) mass is 388 g/mol. The molecule has 1 amide bonds. The van der Waals surface area contributed by atoms with Crippen molar-refractivity contribution < 1.29 is 19.8 Å². The number of aromatic hydroxyl groups is 1. The Morgan fingerprint density at radius 2 is 1.83 bits per heavy atom. The molecule has 0 saturated heterocycles. The van der Waals surface area contributed by atoms with Crippen molar-refractivity contribution in [3.8, 4) is 11.6 Å². The molecule has 0 unspecified atom stereocenters. The number of nitrogens with zero attached hydrogens (tertiary/aromatic N) is 3. The molecule has 0 aliphatic heterocycles. The second-order valence-corrected chi connectivity index (χ2v) is 6.41. The fraction of sp³-hybridized carbons (Fsp3) is 0.0476. The molecule has 8 heteroatoms. The molecule has 0 bridgehead atoms. The number of aromatic carboxylic acids is 1. The van der Waals surface area contributed by atoms with Crippen LogP contribution in [0.15, 0.2) is 60.8 Å². The summed E-state index contributed by atoms with van der Waals surface area (Å²) in [6.45, 7) is 1.75. The van der Waals surface area contributed by atoms with Crippen LogP contribution in [0.5, 0.6) is 5.75 Å². The minimum absolute atomic E-state index is 0.251. The van der Waals surface area contributed by atoms with Gasteiger partial charge in [-0.1, -0.05) is 18.2 Å². The van der Waals surface area contributed by atoms with Crippen LogP contribution < -0.4 is 5.32 Å². The number of benzene rings is 2. The number of carbonyl (C=O) groups is 2. The van der Waals surface area contributed by atoms with Crippen LogP contribution in [0.1, 0.15) is 26.4 Å². The molecule has 144 valence electrons. The smallest absolute Gasteiger partial charge is 0.339 e. The molecule has 2 heterocycles. The van der Waals surface area contributed by atoms with Crippen LogP contribution in [0.4, 0.5) is 5.69 Å². The lowest BCUT2D eigenvalue weighted by atomic mass is 10.1. The summed E-state index contributed by atoms with van der Waals surface area (Å²) in [4.78, 5) is 28.4. The third-order valence-electron chi connectivity index (χ3n) is 4.54. The summed E-state index contributed by atoms with van der Waals surface area (Å²) in [5.74, 6) is -1.53. The lowest BCUT2D eigenvalue weighted by Gasteiger charge is -2.08. The van der Waals surface area contributed by atoms with Crippen molar-refractivity contribution in [1.82, 2.24) is 14.8 Å². The summed E-state index contributed by atoms with van der Waals surface area (Å²) in [6.07, 6.45) is 1.43. The van der Waals surface area contributed by atoms with E-state index in [1.165, 1.54) is 24.4 Å². The molecule has 8 nitrogen and oxygen atoms in total. The maximum atomic E-state index is 12.7. The number of amides is 1. The van der Waals surface area contributed by atoms with E-state index >= 15 is 0 Å². The van der Waals surface area contributed by atoms with Crippen molar-refractivity contribution in [2.75, 3.05) is 5.32 Å². The summed E-state index contributed by atoms with van der Waals surface area (Å²) in [7, 11) is 0. The summed E-state index contributed by atoms with van der Waals surface area (Å²) >= 11 is 0. The van der Waals surface area contributed by atoms with Gasteiger partial charge in [-0.25, -0.2) is 14.5 Å². The predicted molar refractivity (Wildman–Crippen MR) is 107 cm³/mol. The number of nitrogens with one attached hydrogen (secondary N) is 1. The first-order valence-corrected chi connectivity index (χ1v) is 8.72. The molecule has 2 aromatic heterocycles. The number of fused-ring (bicyclic) bond motifs is 1. The maximum absolute atomic E-state index is 12.7. The Labute approximate surface area is 165 Å². The van der Waals surface area contributed by atoms with E-state index < -0.39 is 11.9 Å². The van der Waals surface area contributed by atoms with E-state index in [2.05, 4.69) is 15.4 Å². The lowest BCUT2D eigenvalue weighted by Crippen LogP contribution is -2.14. The summed E-state index contributed by atoms with van der Waals surface area (Å²) in [5, 5.41) is 26.6. The summed E-state index contributed by atoms with van der Waals surface area (Å²) in [5.41, 5.74) is 1.68. The fourth-order valence-electron chi connectivity index (χ4n) is 3.02. The van der Waals surface area contributed by atoms with Gasteiger partial charge in [-0.2, -0.15) is 5.10 Å². The first-order valence-electron chi connectivity index (χ1n) is 8.72. The molecule has 0 saturated carbocycles. The minimum Gasteiger partial charge on any atom is -0.507 e. The highest BCUT2D eigenvalue weighted by Gasteiger charge is 2.17. The standard InChI is InChI=1S/C21H16N4O4/c1-12-16(20(27)23-14-7-8-18(26)15(10-14)21(28)29)11-22-25(12)19-9-6-13-4-2-3-5-17(13)24-19/h2-11,26H,1H3,(H,23,27)(H,28,29). The largest absolute Gasteiger partial charge is 0.507 e. The Kier molecular flexibility index (Phi) is 4.44. The Bertz CT molecular complexity index is 1260. The molecular formula is C21H16N4O4. The van der Waals surface area contributed by atoms with Crippen LogP contribution in [-0.2, 0) is 0 Å². The van der Waals surface area contributed by atoms with Gasteiger partial charge in [-0.15, -0.1) is 0 Å². The van der Waals surface area contributed by atoms with Crippen molar-refractivity contribution in [2.45, 2.75) is 6.92 Å². The molecule has 3 N–H and O–H groups in total. The van der Waals surface area contributed by atoms with Gasteiger partial charge in [-0.05, 0) is 43.3 Å². The van der Waals surface area contributed by atoms with Crippen molar-refractivity contribution >= 4 is 28.5 Å². The third kappa shape index (κ3) is 3.39. The van der Waals surface area contributed by atoms with E-state index in [1.807, 2.05) is 36.4 Å². The number of phenols is 1. The van der Waals surface area contributed by atoms with E-state index in [0.717, 1.165) is 10.9 Å². The Morgan fingerprint density at radius 1 is 1.03 bits per heavy atom. The zero-order valence-electron chi connectivity index (χ0n) is 15.3. The Balaban J connectivity index is 1.63. The number of carbonyl (C=O) groups excluding carboxylic acids is 1. The van der Waals surface area contributed by atoms with Crippen LogP contribution in [0, 0.1) is 6.92 Å². The maximum Gasteiger partial charge on any atom is 0.339 e. The number of hydrogen-bond donors (Lipinski definition) is 3. The van der Waals surface area contributed by atoms with Crippen LogP contribution >= 0.6 is 0 Å². The molecule has 0 spiro atoms. The van der Waals surface area contributed by atoms with Gasteiger partial charge in [-0.3, -0.25) is 4.79 Å². The van der Waals surface area contributed by atoms with Crippen LogP contribution in [0.25, 0.3) is 16.7 Å². The molecular weight excluding hydrogens is 372 g/mol. The van der Waals surface area contributed by atoms with Gasteiger partial charge >= 0.3 is 5.97 Å². The van der Waals surface area contributed by atoms with Crippen molar-refractivity contribution in [3.63, 3.8) is 0 Å². The lowest BCUT2D eigenvalue weighted by molar-refractivity contribution is 0.0693. The molecule has 0 radical (unpaired) electrons. The van der Waals surface area contributed by atoms with Gasteiger partial charge < -0.3 is 15.5 Å². The van der Waals surface area contributed by atoms with Gasteiger partial charge in [0.05, 0.1) is 23.0 Å². The quantitative estimate of drug-likeness (QED) is 0.461. The molecule has 0 fully saturated rings. The molecule has 2 aromatic carbocycles. The second-order valence-electron chi connectivity index (χ2n) is 6.41. The second kappa shape index (κ2) is 7.08. The molecule has 29 heavy (non-hydrogen) atoms. The number of para-hydroxylation sites is 1. The Morgan fingerprint density at radius 3 is 2.62 bits per heavy atom. The highest BCUT2D eigenvalue weighted by Crippen LogP contribution is 2.23. The average molecular weight is 388 g/mol. The number of carboxylic acids is 1. The van der Waals surface area contributed by atoms with Gasteiger partial charge in [0.1, 0.15) is 11.3 Å². The number of aromatic nitrogens is 3. The minimum atomic E-state index is -1.29. The Hall–Kier alpha value is -4.20. The van der Waals surface area contributed by atoms with Crippen molar-refractivity contribution in [3.05, 3.63) is 77.6 Å². The fourth-order valence-corrected chi connectivity index (χ4v) is 3.02. The van der Waals surface area contributed by atoms with E-state index in [4.69, 9.17) is 5.11 Å². The average Bonchev–Trinajstić information content (AvgIpc) is 3.10. The van der Waals surface area contributed by atoms with E-state index in [0.29, 0.717) is 17.1 Å². The van der Waals surface area contributed by atoms with Crippen LogP contribution in [0.2, 0.25) is 0 Å². The van der Waals surface area contributed by atoms with E-state index in [9.17, 15) is 14.7 Å². The molecule has 4 aromatic rings. The zero-order chi connectivity index (χ0) is 20.5. The van der Waals surface area contributed by atoms with Gasteiger partial charge in [0.2, 0.25) is 0 Å². The number of rotatable bonds is 4. The third-order valence-corrected chi connectivity index (χ3v) is 4.54. The van der Waals surface area contributed by atoms with Crippen molar-refractivity contribution in [1.29, 1.82) is 0 Å². The number of anilines is 1. The van der Waals surface area contributed by atoms with Gasteiger partial charge in [0.15, 0.2) is 5.82 Å². The first kappa shape index (κ1) is 18.2. The molecule has 0 atom stereocenters. The highest BCUT2D eigenvalue weighted by atomic mass is 16.4. The summed E-state index contributed by atoms with van der Waals surface area (Å²) in [6, 6.07) is 15.3.